The van der Waals surface area contributed by atoms with Crippen LogP contribution in [0.2, 0.25) is 0 Å². The van der Waals surface area contributed by atoms with Crippen molar-refractivity contribution in [1.29, 1.82) is 5.26 Å². The monoisotopic (exact) mass is 531 g/mol. The number of halogens is 1. The van der Waals surface area contributed by atoms with Gasteiger partial charge in [0.25, 0.3) is 0 Å². The summed E-state index contributed by atoms with van der Waals surface area (Å²) in [5.74, 6) is -0.215. The minimum absolute atomic E-state index is 0.188. The first-order valence-corrected chi connectivity index (χ1v) is 11.0. The fraction of sp³-hybridized carbons (Fsp3) is 0.0370. The topological polar surface area (TPSA) is 70.3 Å². The van der Waals surface area contributed by atoms with Crippen molar-refractivity contribution in [2.24, 2.45) is 0 Å². The van der Waals surface area contributed by atoms with Gasteiger partial charge in [-0.15, -0.1) is 0 Å². The van der Waals surface area contributed by atoms with Gasteiger partial charge >= 0.3 is 5.97 Å². The molecule has 0 aliphatic carbocycles. The maximum atomic E-state index is 11.0. The van der Waals surface area contributed by atoms with Crippen LogP contribution in [0.5, 0.6) is 5.75 Å². The highest BCUT2D eigenvalue weighted by Gasteiger charge is 2.07. The molecule has 0 unspecified atom stereocenters. The van der Waals surface area contributed by atoms with Gasteiger partial charge in [-0.1, -0.05) is 54.6 Å². The number of fused-ring (bicyclic) bond motifs is 1. The van der Waals surface area contributed by atoms with Gasteiger partial charge in [-0.05, 0) is 86.5 Å². The highest BCUT2D eigenvalue weighted by Crippen LogP contribution is 2.26. The first-order chi connectivity index (χ1) is 15.5. The van der Waals surface area contributed by atoms with E-state index in [1.807, 2.05) is 30.3 Å². The molecule has 0 bridgehead atoms. The number of benzene rings is 4. The summed E-state index contributed by atoms with van der Waals surface area (Å²) in [6.45, 7) is 0.468. The number of aromatic carboxylic acids is 1. The number of carbonyl (C=O) groups is 1. The van der Waals surface area contributed by atoms with Crippen LogP contribution in [0.3, 0.4) is 0 Å². The molecule has 32 heavy (non-hydrogen) atoms. The molecule has 0 amide bonds. The minimum Gasteiger partial charge on any atom is -0.488 e. The van der Waals surface area contributed by atoms with E-state index in [0.717, 1.165) is 20.4 Å². The van der Waals surface area contributed by atoms with E-state index in [1.54, 1.807) is 18.2 Å². The van der Waals surface area contributed by atoms with Gasteiger partial charge in [-0.25, -0.2) is 4.79 Å². The first kappa shape index (κ1) is 21.6. The van der Waals surface area contributed by atoms with E-state index in [-0.39, 0.29) is 5.56 Å². The number of carboxylic acid groups (broad SMARTS) is 1. The molecular weight excluding hydrogens is 513 g/mol. The van der Waals surface area contributed by atoms with Crippen molar-refractivity contribution in [3.63, 3.8) is 0 Å². The fourth-order valence-electron chi connectivity index (χ4n) is 3.35. The Morgan fingerprint density at radius 1 is 0.938 bits per heavy atom. The van der Waals surface area contributed by atoms with Gasteiger partial charge in [0.05, 0.1) is 20.8 Å². The van der Waals surface area contributed by atoms with Crippen LogP contribution in [0.15, 0.2) is 84.9 Å². The molecule has 0 fully saturated rings. The minimum atomic E-state index is -0.993. The molecule has 0 atom stereocenters. The normalized spacial score (nSPS) is 11.2. The molecule has 156 valence electrons. The Labute approximate surface area is 199 Å². The predicted molar refractivity (Wildman–Crippen MR) is 134 cm³/mol. The number of carboxylic acids is 1. The lowest BCUT2D eigenvalue weighted by Crippen LogP contribution is -1.97. The largest absolute Gasteiger partial charge is 0.488 e. The molecule has 5 heteroatoms. The second-order valence-corrected chi connectivity index (χ2v) is 8.37. The van der Waals surface area contributed by atoms with Crippen LogP contribution in [0, 0.1) is 14.9 Å². The molecule has 0 aliphatic heterocycles. The molecule has 4 aromatic rings. The van der Waals surface area contributed by atoms with Crippen molar-refractivity contribution in [1.82, 2.24) is 0 Å². The average molecular weight is 531 g/mol. The number of rotatable bonds is 6. The molecule has 4 rings (SSSR count). The lowest BCUT2D eigenvalue weighted by molar-refractivity contribution is 0.0697. The van der Waals surface area contributed by atoms with E-state index in [0.29, 0.717) is 17.7 Å². The van der Waals surface area contributed by atoms with E-state index in [4.69, 9.17) is 9.84 Å². The van der Waals surface area contributed by atoms with Gasteiger partial charge in [-0.3, -0.25) is 0 Å². The number of ether oxygens (including phenoxy) is 1. The van der Waals surface area contributed by atoms with Gasteiger partial charge in [0.15, 0.2) is 0 Å². The van der Waals surface area contributed by atoms with Crippen molar-refractivity contribution in [3.8, 4) is 11.8 Å². The summed E-state index contributed by atoms with van der Waals surface area (Å²) in [4.78, 5) is 11.0. The maximum Gasteiger partial charge on any atom is 0.335 e. The van der Waals surface area contributed by atoms with Crippen LogP contribution >= 0.6 is 22.6 Å². The molecule has 0 spiro atoms. The van der Waals surface area contributed by atoms with Crippen molar-refractivity contribution in [3.05, 3.63) is 111 Å². The van der Waals surface area contributed by atoms with Gasteiger partial charge < -0.3 is 9.84 Å². The quantitative estimate of drug-likeness (QED) is 0.169. The van der Waals surface area contributed by atoms with Crippen LogP contribution in [-0.4, -0.2) is 11.1 Å². The smallest absolute Gasteiger partial charge is 0.335 e. The number of hydrogen-bond acceptors (Lipinski definition) is 3. The first-order valence-electron chi connectivity index (χ1n) is 9.89. The van der Waals surface area contributed by atoms with Gasteiger partial charge in [-0.2, -0.15) is 5.26 Å². The van der Waals surface area contributed by atoms with E-state index in [1.165, 1.54) is 22.9 Å². The second-order valence-electron chi connectivity index (χ2n) is 7.21. The van der Waals surface area contributed by atoms with E-state index < -0.39 is 5.97 Å². The van der Waals surface area contributed by atoms with Crippen LogP contribution in [0.4, 0.5) is 0 Å². The van der Waals surface area contributed by atoms with Crippen LogP contribution < -0.4 is 4.74 Å². The van der Waals surface area contributed by atoms with Crippen molar-refractivity contribution < 1.29 is 14.6 Å². The number of nitrogens with zero attached hydrogens (tertiary/aromatic N) is 1. The Hall–Kier alpha value is -3.63. The third-order valence-corrected chi connectivity index (χ3v) is 5.88. The van der Waals surface area contributed by atoms with Gasteiger partial charge in [0.1, 0.15) is 12.4 Å². The Morgan fingerprint density at radius 3 is 2.34 bits per heavy atom. The highest BCUT2D eigenvalue weighted by atomic mass is 127. The van der Waals surface area contributed by atoms with Crippen LogP contribution in [0.1, 0.15) is 27.0 Å². The number of hydrogen-bond donors (Lipinski definition) is 1. The Balaban J connectivity index is 1.50. The predicted octanol–water partition coefficient (Wildman–Crippen LogP) is 6.79. The third kappa shape index (κ3) is 4.98. The van der Waals surface area contributed by atoms with Crippen molar-refractivity contribution in [2.45, 2.75) is 6.61 Å². The summed E-state index contributed by atoms with van der Waals surface area (Å²) in [7, 11) is 0. The average Bonchev–Trinajstić information content (AvgIpc) is 2.82. The molecule has 0 aromatic heterocycles. The van der Waals surface area contributed by atoms with E-state index in [2.05, 4.69) is 59.0 Å². The standard InChI is InChI=1S/C27H18INO3/c28-25-15-18(13-24(16-29)21-8-10-22(11-9-21)27(30)31)6-12-26(25)32-17-19-5-7-20-3-1-2-4-23(20)14-19/h1-15H,17H2,(H,30,31)/b24-13-. The molecule has 4 nitrogen and oxygen atoms in total. The summed E-state index contributed by atoms with van der Waals surface area (Å²) in [6, 6.07) is 28.8. The van der Waals surface area contributed by atoms with Crippen LogP contribution in [0.25, 0.3) is 22.4 Å². The molecule has 0 saturated carbocycles. The second kappa shape index (κ2) is 9.67. The van der Waals surface area contributed by atoms with Crippen molar-refractivity contribution in [2.75, 3.05) is 0 Å². The van der Waals surface area contributed by atoms with Gasteiger partial charge in [0, 0.05) is 0 Å². The summed E-state index contributed by atoms with van der Waals surface area (Å²) in [5.41, 5.74) is 3.28. The molecule has 0 aliphatic rings. The number of nitriles is 1. The SMILES string of the molecule is N#C/C(=C/c1ccc(OCc2ccc3ccccc3c2)c(I)c1)c1ccc(C(=O)O)cc1. The van der Waals surface area contributed by atoms with Crippen LogP contribution in [-0.2, 0) is 6.61 Å². The highest BCUT2D eigenvalue weighted by molar-refractivity contribution is 14.1. The summed E-state index contributed by atoms with van der Waals surface area (Å²) in [6.07, 6.45) is 1.78. The Morgan fingerprint density at radius 2 is 1.66 bits per heavy atom. The molecule has 0 heterocycles. The fourth-order valence-corrected chi connectivity index (χ4v) is 4.05. The number of allylic oxidation sites excluding steroid dienone is 1. The zero-order chi connectivity index (χ0) is 22.5. The zero-order valence-corrected chi connectivity index (χ0v) is 19.1. The van der Waals surface area contributed by atoms with E-state index >= 15 is 0 Å². The molecule has 0 radical (unpaired) electrons. The third-order valence-electron chi connectivity index (χ3n) is 5.04. The molecular formula is C27H18INO3. The summed E-state index contributed by atoms with van der Waals surface area (Å²) < 4.78 is 6.97. The van der Waals surface area contributed by atoms with E-state index in [9.17, 15) is 10.1 Å². The van der Waals surface area contributed by atoms with Crippen molar-refractivity contribution >= 4 is 51.0 Å². The Bertz CT molecular complexity index is 1370. The van der Waals surface area contributed by atoms with Gasteiger partial charge in [0.2, 0.25) is 0 Å². The maximum absolute atomic E-state index is 11.0. The zero-order valence-electron chi connectivity index (χ0n) is 17.0. The lowest BCUT2D eigenvalue weighted by Gasteiger charge is -2.10. The molecule has 1 N–H and O–H groups in total. The summed E-state index contributed by atoms with van der Waals surface area (Å²) >= 11 is 2.23. The summed E-state index contributed by atoms with van der Waals surface area (Å²) in [5, 5.41) is 21.0. The molecule has 4 aromatic carbocycles. The lowest BCUT2D eigenvalue weighted by atomic mass is 10.0. The Kier molecular flexibility index (Phi) is 6.52. The molecule has 0 saturated heterocycles.